The summed E-state index contributed by atoms with van der Waals surface area (Å²) in [6.45, 7) is 1.99. The summed E-state index contributed by atoms with van der Waals surface area (Å²) in [5.74, 6) is -0.813. The van der Waals surface area contributed by atoms with E-state index < -0.39 is 5.97 Å². The number of carboxylic acid groups (broad SMARTS) is 1. The van der Waals surface area contributed by atoms with E-state index in [1.807, 2.05) is 6.92 Å². The minimum Gasteiger partial charge on any atom is -0.481 e. The molecular formula is C8H13BO2. The molecular weight excluding hydrogens is 139 g/mol. The molecule has 0 spiro atoms. The van der Waals surface area contributed by atoms with Crippen LogP contribution >= 0.6 is 0 Å². The Kier molecular flexibility index (Phi) is 2.26. The predicted molar refractivity (Wildman–Crippen MR) is 43.7 cm³/mol. The Bertz CT molecular complexity index is 155. The quantitative estimate of drug-likeness (QED) is 0.579. The maximum atomic E-state index is 10.5. The van der Waals surface area contributed by atoms with Crippen LogP contribution < -0.4 is 0 Å². The number of carbonyl (C=O) groups is 1. The SMILES string of the molecule is [B]C1(C)CCC(C(=O)O)CC1. The molecule has 0 heterocycles. The number of hydrogen-bond donors (Lipinski definition) is 1. The highest BCUT2D eigenvalue weighted by molar-refractivity contribution is 6.14. The standard InChI is InChI=1S/C8H13BO2/c1-8(9)4-2-6(3-5-8)7(10)11/h6H,2-5H2,1H3,(H,10,11). The van der Waals surface area contributed by atoms with Crippen molar-refractivity contribution in [3.05, 3.63) is 0 Å². The number of aliphatic carboxylic acids is 1. The van der Waals surface area contributed by atoms with Gasteiger partial charge in [0, 0.05) is 0 Å². The Morgan fingerprint density at radius 1 is 1.55 bits per heavy atom. The van der Waals surface area contributed by atoms with Crippen molar-refractivity contribution in [2.75, 3.05) is 0 Å². The summed E-state index contributed by atoms with van der Waals surface area (Å²) >= 11 is 0. The van der Waals surface area contributed by atoms with Crippen LogP contribution in [0.5, 0.6) is 0 Å². The van der Waals surface area contributed by atoms with E-state index >= 15 is 0 Å². The Balaban J connectivity index is 2.42. The molecule has 3 heteroatoms. The molecule has 1 rings (SSSR count). The second-order valence-corrected chi connectivity index (χ2v) is 3.77. The molecule has 11 heavy (non-hydrogen) atoms. The van der Waals surface area contributed by atoms with Gasteiger partial charge >= 0.3 is 5.97 Å². The van der Waals surface area contributed by atoms with Crippen LogP contribution in [-0.4, -0.2) is 18.9 Å². The molecule has 0 amide bonds. The lowest BCUT2D eigenvalue weighted by molar-refractivity contribution is -0.142. The van der Waals surface area contributed by atoms with Crippen molar-refractivity contribution in [3.63, 3.8) is 0 Å². The lowest BCUT2D eigenvalue weighted by Gasteiger charge is -2.32. The highest BCUT2D eigenvalue weighted by Gasteiger charge is 2.29. The summed E-state index contributed by atoms with van der Waals surface area (Å²) in [5, 5.41) is 8.55. The molecule has 1 N–H and O–H groups in total. The Morgan fingerprint density at radius 3 is 2.36 bits per heavy atom. The van der Waals surface area contributed by atoms with Crippen molar-refractivity contribution in [3.8, 4) is 0 Å². The highest BCUT2D eigenvalue weighted by Crippen LogP contribution is 2.41. The molecule has 0 atom stereocenters. The predicted octanol–water partition coefficient (Wildman–Crippen LogP) is 1.61. The molecule has 0 aromatic carbocycles. The first-order chi connectivity index (χ1) is 5.01. The zero-order valence-corrected chi connectivity index (χ0v) is 6.84. The number of rotatable bonds is 1. The summed E-state index contributed by atoms with van der Waals surface area (Å²) in [5.41, 5.74) is 0. The topological polar surface area (TPSA) is 37.3 Å². The monoisotopic (exact) mass is 152 g/mol. The molecule has 0 aromatic rings. The van der Waals surface area contributed by atoms with Crippen LogP contribution in [0.1, 0.15) is 32.6 Å². The van der Waals surface area contributed by atoms with Crippen molar-refractivity contribution < 1.29 is 9.90 Å². The van der Waals surface area contributed by atoms with Crippen molar-refractivity contribution in [2.24, 2.45) is 5.92 Å². The average molecular weight is 152 g/mol. The molecule has 0 aromatic heterocycles. The van der Waals surface area contributed by atoms with E-state index in [1.165, 1.54) is 0 Å². The third-order valence-electron chi connectivity index (χ3n) is 2.48. The van der Waals surface area contributed by atoms with Crippen LogP contribution in [0, 0.1) is 5.92 Å². The first kappa shape index (κ1) is 8.63. The van der Waals surface area contributed by atoms with Gasteiger partial charge in [-0.25, -0.2) is 0 Å². The molecule has 1 fully saturated rings. The van der Waals surface area contributed by atoms with Crippen molar-refractivity contribution in [1.82, 2.24) is 0 Å². The lowest BCUT2D eigenvalue weighted by Crippen LogP contribution is -2.24. The minimum atomic E-state index is -0.666. The first-order valence-electron chi connectivity index (χ1n) is 4.03. The molecule has 1 aliphatic rings. The van der Waals surface area contributed by atoms with Gasteiger partial charge in [0.15, 0.2) is 0 Å². The summed E-state index contributed by atoms with van der Waals surface area (Å²) in [6, 6.07) is 0. The minimum absolute atomic E-state index is 0.119. The van der Waals surface area contributed by atoms with Crippen LogP contribution in [0.25, 0.3) is 0 Å². The third-order valence-corrected chi connectivity index (χ3v) is 2.48. The maximum Gasteiger partial charge on any atom is 0.306 e. The number of carboxylic acids is 1. The van der Waals surface area contributed by atoms with Gasteiger partial charge in [-0.2, -0.15) is 0 Å². The molecule has 2 radical (unpaired) electrons. The largest absolute Gasteiger partial charge is 0.481 e. The van der Waals surface area contributed by atoms with Gasteiger partial charge in [-0.3, -0.25) is 4.79 Å². The Hall–Kier alpha value is -0.465. The second kappa shape index (κ2) is 2.88. The maximum absolute atomic E-state index is 10.5. The van der Waals surface area contributed by atoms with Gasteiger partial charge in [0.1, 0.15) is 0 Å². The fourth-order valence-electron chi connectivity index (χ4n) is 1.52. The van der Waals surface area contributed by atoms with Crippen LogP contribution in [0.3, 0.4) is 0 Å². The Labute approximate surface area is 68.4 Å². The first-order valence-corrected chi connectivity index (χ1v) is 4.03. The lowest BCUT2D eigenvalue weighted by atomic mass is 9.60. The van der Waals surface area contributed by atoms with Crippen molar-refractivity contribution >= 4 is 13.8 Å². The number of hydrogen-bond acceptors (Lipinski definition) is 1. The molecule has 0 unspecified atom stereocenters. The van der Waals surface area contributed by atoms with Crippen LogP contribution in [0.4, 0.5) is 0 Å². The summed E-state index contributed by atoms with van der Waals surface area (Å²) in [6.07, 6.45) is 3.15. The zero-order valence-electron chi connectivity index (χ0n) is 6.84. The third kappa shape index (κ3) is 2.24. The van der Waals surface area contributed by atoms with E-state index in [4.69, 9.17) is 13.0 Å². The molecule has 0 saturated heterocycles. The fraction of sp³-hybridized carbons (Fsp3) is 0.875. The average Bonchev–Trinajstić information content (AvgIpc) is 1.86. The molecule has 60 valence electrons. The van der Waals surface area contributed by atoms with Crippen molar-refractivity contribution in [1.29, 1.82) is 0 Å². The van der Waals surface area contributed by atoms with E-state index in [2.05, 4.69) is 0 Å². The fourth-order valence-corrected chi connectivity index (χ4v) is 1.52. The van der Waals surface area contributed by atoms with Gasteiger partial charge in [0.25, 0.3) is 0 Å². The van der Waals surface area contributed by atoms with Crippen LogP contribution in [0.15, 0.2) is 0 Å². The molecule has 1 saturated carbocycles. The Morgan fingerprint density at radius 2 is 2.00 bits per heavy atom. The summed E-state index contributed by atoms with van der Waals surface area (Å²) < 4.78 is 0. The van der Waals surface area contributed by atoms with Gasteiger partial charge in [0.05, 0.1) is 13.8 Å². The normalized spacial score (nSPS) is 38.5. The smallest absolute Gasteiger partial charge is 0.306 e. The van der Waals surface area contributed by atoms with E-state index in [1.54, 1.807) is 0 Å². The molecule has 1 aliphatic carbocycles. The van der Waals surface area contributed by atoms with E-state index in [9.17, 15) is 4.79 Å². The second-order valence-electron chi connectivity index (χ2n) is 3.77. The van der Waals surface area contributed by atoms with Gasteiger partial charge < -0.3 is 5.11 Å². The van der Waals surface area contributed by atoms with Crippen LogP contribution in [-0.2, 0) is 4.79 Å². The van der Waals surface area contributed by atoms with Gasteiger partial charge in [-0.15, -0.1) is 0 Å². The van der Waals surface area contributed by atoms with E-state index in [-0.39, 0.29) is 11.2 Å². The summed E-state index contributed by atoms with van der Waals surface area (Å²) in [4.78, 5) is 10.5. The van der Waals surface area contributed by atoms with Gasteiger partial charge in [-0.1, -0.05) is 25.1 Å². The van der Waals surface area contributed by atoms with Crippen LogP contribution in [0.2, 0.25) is 5.31 Å². The molecule has 0 aliphatic heterocycles. The molecule has 2 nitrogen and oxygen atoms in total. The van der Waals surface area contributed by atoms with E-state index in [0.717, 1.165) is 25.7 Å². The highest BCUT2D eigenvalue weighted by atomic mass is 16.4. The van der Waals surface area contributed by atoms with Crippen molar-refractivity contribution in [2.45, 2.75) is 37.9 Å². The van der Waals surface area contributed by atoms with Gasteiger partial charge in [-0.05, 0) is 12.8 Å². The zero-order chi connectivity index (χ0) is 8.48. The molecule has 0 bridgehead atoms. The van der Waals surface area contributed by atoms with E-state index in [0.29, 0.717) is 0 Å². The van der Waals surface area contributed by atoms with Gasteiger partial charge in [0.2, 0.25) is 0 Å². The summed E-state index contributed by atoms with van der Waals surface area (Å²) in [7, 11) is 5.85.